The van der Waals surface area contributed by atoms with E-state index < -0.39 is 46.5 Å². The van der Waals surface area contributed by atoms with Crippen LogP contribution in [0.25, 0.3) is 0 Å². The molecule has 0 aliphatic heterocycles. The Bertz CT molecular complexity index is 1770. The highest BCUT2D eigenvalue weighted by Gasteiger charge is 2.69. The number of hydrogen-bond acceptors (Lipinski definition) is 4. The van der Waals surface area contributed by atoms with Crippen LogP contribution in [0.15, 0.2) is 85.1 Å². The Morgan fingerprint density at radius 1 is 0.274 bits per heavy atom. The van der Waals surface area contributed by atoms with Crippen molar-refractivity contribution < 1.29 is 39.6 Å². The summed E-state index contributed by atoms with van der Waals surface area (Å²) in [5, 5.41) is 46.4. The van der Waals surface area contributed by atoms with Crippen molar-refractivity contribution in [1.29, 1.82) is 0 Å². The number of unbranched alkanes of at least 4 members (excludes halogenated alkanes) is 35. The smallest absolute Gasteiger partial charge is 0.311 e. The molecule has 8 nitrogen and oxygen atoms in total. The molecule has 0 saturated carbocycles. The number of carbonyl (C=O) groups is 4. The maximum absolute atomic E-state index is 14.6. The third-order valence-electron chi connectivity index (χ3n) is 17.6. The summed E-state index contributed by atoms with van der Waals surface area (Å²) in [5.74, 6) is -8.75. The van der Waals surface area contributed by atoms with E-state index in [0.29, 0.717) is 51.4 Å². The van der Waals surface area contributed by atoms with Gasteiger partial charge in [0.15, 0.2) is 0 Å². The molecular weight excluding hydrogens is 1040 g/mol. The Kier molecular flexibility index (Phi) is 56.6. The molecule has 0 aromatic rings. The first kappa shape index (κ1) is 80.1. The van der Waals surface area contributed by atoms with E-state index in [0.717, 1.165) is 128 Å². The van der Waals surface area contributed by atoms with Crippen molar-refractivity contribution in [3.05, 3.63) is 85.1 Å². The number of carboxylic acids is 4. The minimum absolute atomic E-state index is 0.00511. The van der Waals surface area contributed by atoms with Gasteiger partial charge in [0.2, 0.25) is 0 Å². The predicted molar refractivity (Wildman–Crippen MR) is 360 cm³/mol. The number of hydrogen-bond donors (Lipinski definition) is 4. The Balaban J connectivity index is 6.60. The molecule has 0 fully saturated rings. The monoisotopic (exact) mass is 1170 g/mol. The Morgan fingerprint density at radius 3 is 0.762 bits per heavy atom. The second-order valence-corrected chi connectivity index (χ2v) is 24.7. The van der Waals surface area contributed by atoms with E-state index in [1.807, 2.05) is 0 Å². The van der Waals surface area contributed by atoms with Crippen LogP contribution in [-0.2, 0) is 19.2 Å². The van der Waals surface area contributed by atoms with Crippen LogP contribution in [0, 0.1) is 22.7 Å². The molecule has 0 radical (unpaired) electrons. The first-order chi connectivity index (χ1) is 41.0. The van der Waals surface area contributed by atoms with Crippen molar-refractivity contribution in [1.82, 2.24) is 0 Å². The topological polar surface area (TPSA) is 149 Å². The fraction of sp³-hybridized carbons (Fsp3) is 0.763. The van der Waals surface area contributed by atoms with E-state index in [9.17, 15) is 39.6 Å². The largest absolute Gasteiger partial charge is 0.481 e. The van der Waals surface area contributed by atoms with Gasteiger partial charge in [0.1, 0.15) is 0 Å². The first-order valence-electron chi connectivity index (χ1n) is 35.5. The van der Waals surface area contributed by atoms with E-state index in [4.69, 9.17) is 0 Å². The van der Waals surface area contributed by atoms with Gasteiger partial charge in [-0.2, -0.15) is 0 Å². The molecule has 0 spiro atoms. The van der Waals surface area contributed by atoms with Crippen molar-refractivity contribution in [2.24, 2.45) is 22.7 Å². The summed E-state index contributed by atoms with van der Waals surface area (Å²) in [6.07, 6.45) is 76.0. The number of rotatable bonds is 64. The molecule has 0 amide bonds. The SMILES string of the molecule is CC/C=C\C/C=C\C/C=C\CCCCCCC(C(=O)O)(C(CCCCCCCCCC/C=C\CCCCCCCC)C(=O)O)C(CCCCCC/C=C\C/C=C\CCCCC)(C(=O)O)C(CCCCCC/C=C\CCCCCCCC)C(=O)O. The fourth-order valence-electron chi connectivity index (χ4n) is 12.5. The van der Waals surface area contributed by atoms with E-state index in [2.05, 4.69) is 113 Å². The standard InChI is InChI=1S/C76H132O8/c1-5-9-13-17-21-25-29-33-37-38-39-40-42-46-50-54-58-62-66-70(72(79)80)76(74(83)84,68-64-60-56-52-48-44-36-32-28-24-20-16-12-8-4)75(73(81)82,67-63-59-55-51-47-43-35-31-27-23-19-15-11-7-3)69(71(77)78)65-61-57-53-49-45-41-34-30-26-22-18-14-10-6-2/h12,16,23-24,27-28,33-37,41,43-44,69-70H,5-11,13-15,17-22,25-26,29-32,38-40,42,45-68H2,1-4H3,(H,77,78)(H,79,80)(H,81,82)(H,83,84)/b16-12-,27-23-,28-24-,37-33-,41-34-,43-35-,44-36-. The lowest BCUT2D eigenvalue weighted by Gasteiger charge is -2.51. The van der Waals surface area contributed by atoms with Crippen LogP contribution in [0.3, 0.4) is 0 Å². The van der Waals surface area contributed by atoms with Crippen LogP contribution in [0.4, 0.5) is 0 Å². The van der Waals surface area contributed by atoms with E-state index >= 15 is 0 Å². The highest BCUT2D eigenvalue weighted by atomic mass is 16.4. The average molecular weight is 1170 g/mol. The Labute approximate surface area is 517 Å². The van der Waals surface area contributed by atoms with Gasteiger partial charge in [0.05, 0.1) is 22.7 Å². The van der Waals surface area contributed by atoms with Gasteiger partial charge in [-0.1, -0.05) is 293 Å². The summed E-state index contributed by atoms with van der Waals surface area (Å²) in [6.45, 7) is 8.82. The molecule has 4 N–H and O–H groups in total. The number of allylic oxidation sites excluding steroid dienone is 14. The van der Waals surface area contributed by atoms with Gasteiger partial charge in [-0.15, -0.1) is 0 Å². The molecule has 0 aliphatic rings. The van der Waals surface area contributed by atoms with Gasteiger partial charge in [-0.05, 0) is 141 Å². The predicted octanol–water partition coefficient (Wildman–Crippen LogP) is 24.0. The quantitative estimate of drug-likeness (QED) is 0.0347. The maximum Gasteiger partial charge on any atom is 0.311 e. The van der Waals surface area contributed by atoms with Crippen molar-refractivity contribution in [2.75, 3.05) is 0 Å². The molecule has 4 atom stereocenters. The molecule has 0 aromatic carbocycles. The zero-order valence-corrected chi connectivity index (χ0v) is 55.0. The summed E-state index contributed by atoms with van der Waals surface area (Å²) in [5.41, 5.74) is -4.69. The summed E-state index contributed by atoms with van der Waals surface area (Å²) in [6, 6.07) is 0. The van der Waals surface area contributed by atoms with Crippen LogP contribution < -0.4 is 0 Å². The molecule has 0 bridgehead atoms. The molecule has 8 heteroatoms. The normalized spacial score (nSPS) is 14.6. The lowest BCUT2D eigenvalue weighted by atomic mass is 9.47. The van der Waals surface area contributed by atoms with Gasteiger partial charge in [-0.3, -0.25) is 19.2 Å². The molecule has 0 heterocycles. The summed E-state index contributed by atoms with van der Waals surface area (Å²) in [7, 11) is 0. The van der Waals surface area contributed by atoms with Crippen LogP contribution in [0.1, 0.15) is 349 Å². The molecule has 0 aliphatic carbocycles. The molecule has 0 rings (SSSR count). The van der Waals surface area contributed by atoms with E-state index in [1.165, 1.54) is 116 Å². The lowest BCUT2D eigenvalue weighted by molar-refractivity contribution is -0.201. The first-order valence-corrected chi connectivity index (χ1v) is 35.5. The third kappa shape index (κ3) is 40.4. The zero-order valence-electron chi connectivity index (χ0n) is 55.0. The second kappa shape index (κ2) is 59.4. The molecule has 0 saturated heterocycles. The van der Waals surface area contributed by atoms with Crippen molar-refractivity contribution in [3.8, 4) is 0 Å². The van der Waals surface area contributed by atoms with Crippen molar-refractivity contribution in [2.45, 2.75) is 349 Å². The van der Waals surface area contributed by atoms with Gasteiger partial charge in [0.25, 0.3) is 0 Å². The van der Waals surface area contributed by atoms with Gasteiger partial charge < -0.3 is 20.4 Å². The summed E-state index contributed by atoms with van der Waals surface area (Å²) in [4.78, 5) is 57.0. The molecular formula is C76H132O8. The Hall–Kier alpha value is -3.94. The highest BCUT2D eigenvalue weighted by Crippen LogP contribution is 2.59. The van der Waals surface area contributed by atoms with Crippen LogP contribution in [0.2, 0.25) is 0 Å². The average Bonchev–Trinajstić information content (AvgIpc) is 1.41. The van der Waals surface area contributed by atoms with E-state index in [1.54, 1.807) is 0 Å². The molecule has 84 heavy (non-hydrogen) atoms. The fourth-order valence-corrected chi connectivity index (χ4v) is 12.5. The van der Waals surface area contributed by atoms with Gasteiger partial charge in [-0.25, -0.2) is 0 Å². The Morgan fingerprint density at radius 2 is 0.488 bits per heavy atom. The molecule has 4 unspecified atom stereocenters. The minimum Gasteiger partial charge on any atom is -0.481 e. The van der Waals surface area contributed by atoms with Crippen LogP contribution >= 0.6 is 0 Å². The lowest BCUT2D eigenvalue weighted by Crippen LogP contribution is -2.62. The molecule has 484 valence electrons. The number of aliphatic carboxylic acids is 4. The molecule has 0 aromatic heterocycles. The summed E-state index contributed by atoms with van der Waals surface area (Å²) < 4.78 is 0. The maximum atomic E-state index is 14.6. The minimum atomic E-state index is -2.34. The highest BCUT2D eigenvalue weighted by molar-refractivity contribution is 5.94. The second-order valence-electron chi connectivity index (χ2n) is 24.7. The van der Waals surface area contributed by atoms with Crippen molar-refractivity contribution >= 4 is 23.9 Å². The van der Waals surface area contributed by atoms with E-state index in [-0.39, 0.29) is 25.7 Å². The van der Waals surface area contributed by atoms with Gasteiger partial charge in [0, 0.05) is 0 Å². The number of carboxylic acid groups (broad SMARTS) is 4. The van der Waals surface area contributed by atoms with Crippen LogP contribution in [0.5, 0.6) is 0 Å². The summed E-state index contributed by atoms with van der Waals surface area (Å²) >= 11 is 0. The van der Waals surface area contributed by atoms with Crippen LogP contribution in [-0.4, -0.2) is 44.3 Å². The zero-order chi connectivity index (χ0) is 61.7. The van der Waals surface area contributed by atoms with Gasteiger partial charge >= 0.3 is 23.9 Å². The third-order valence-corrected chi connectivity index (χ3v) is 17.6. The van der Waals surface area contributed by atoms with Crippen molar-refractivity contribution in [3.63, 3.8) is 0 Å².